The Morgan fingerprint density at radius 3 is 1.81 bits per heavy atom. The van der Waals surface area contributed by atoms with Crippen molar-refractivity contribution in [2.75, 3.05) is 13.1 Å². The van der Waals surface area contributed by atoms with Crippen LogP contribution in [0.15, 0.2) is 0 Å². The number of likely N-dealkylation sites (tertiary alicyclic amines) is 1. The quantitative estimate of drug-likeness (QED) is 0.370. The van der Waals surface area contributed by atoms with Crippen molar-refractivity contribution in [3.63, 3.8) is 0 Å². The second-order valence-electron chi connectivity index (χ2n) is 6.94. The summed E-state index contributed by atoms with van der Waals surface area (Å²) in [5.41, 5.74) is 0. The van der Waals surface area contributed by atoms with Gasteiger partial charge in [0.15, 0.2) is 0 Å². The van der Waals surface area contributed by atoms with Crippen molar-refractivity contribution >= 4 is 0 Å². The van der Waals surface area contributed by atoms with Gasteiger partial charge >= 0.3 is 0 Å². The molecule has 0 spiro atoms. The Kier molecular flexibility index (Phi) is 11.2. The molecule has 0 aliphatic carbocycles. The molecule has 1 nitrogen and oxygen atoms in total. The van der Waals surface area contributed by atoms with Gasteiger partial charge in [-0.25, -0.2) is 4.39 Å². The maximum absolute atomic E-state index is 13.5. The number of alkyl halides is 1. The van der Waals surface area contributed by atoms with Crippen LogP contribution in [0, 0.1) is 0 Å². The summed E-state index contributed by atoms with van der Waals surface area (Å²) >= 11 is 0. The third kappa shape index (κ3) is 8.80. The molecule has 0 aromatic heterocycles. The van der Waals surface area contributed by atoms with E-state index >= 15 is 0 Å². The molecular weight excluding hydrogens is 261 g/mol. The van der Waals surface area contributed by atoms with Crippen LogP contribution in [0.5, 0.6) is 0 Å². The summed E-state index contributed by atoms with van der Waals surface area (Å²) in [7, 11) is 0. The average molecular weight is 300 g/mol. The van der Waals surface area contributed by atoms with Crippen molar-refractivity contribution in [2.45, 2.75) is 110 Å². The lowest BCUT2D eigenvalue weighted by Gasteiger charge is -2.27. The summed E-state index contributed by atoms with van der Waals surface area (Å²) in [5.74, 6) is 0. The normalized spacial score (nSPS) is 19.7. The van der Waals surface area contributed by atoms with Crippen molar-refractivity contribution < 1.29 is 4.39 Å². The van der Waals surface area contributed by atoms with Crippen LogP contribution in [0.25, 0.3) is 0 Å². The number of unbranched alkanes of at least 4 members (excludes halogenated alkanes) is 8. The topological polar surface area (TPSA) is 3.24 Å². The number of rotatable bonds is 13. The zero-order valence-corrected chi connectivity index (χ0v) is 14.6. The molecule has 1 atom stereocenters. The first-order chi connectivity index (χ1) is 10.3. The summed E-state index contributed by atoms with van der Waals surface area (Å²) < 4.78 is 13.5. The van der Waals surface area contributed by atoms with E-state index in [0.29, 0.717) is 12.6 Å². The van der Waals surface area contributed by atoms with Gasteiger partial charge in [-0.2, -0.15) is 0 Å². The Morgan fingerprint density at radius 2 is 1.38 bits per heavy atom. The Bertz CT molecular complexity index is 218. The first-order valence-electron chi connectivity index (χ1n) is 9.66. The summed E-state index contributed by atoms with van der Waals surface area (Å²) in [5, 5.41) is 0. The molecule has 0 amide bonds. The van der Waals surface area contributed by atoms with Crippen LogP contribution >= 0.6 is 0 Å². The molecule has 1 aliphatic rings. The molecule has 1 aliphatic heterocycles. The molecule has 1 saturated heterocycles. The van der Waals surface area contributed by atoms with E-state index in [-0.39, 0.29) is 0 Å². The third-order valence-electron chi connectivity index (χ3n) is 4.96. The highest BCUT2D eigenvalue weighted by atomic mass is 19.1. The molecule has 0 saturated carbocycles. The fourth-order valence-electron chi connectivity index (χ4n) is 3.55. The largest absolute Gasteiger partial charge is 0.297 e. The number of halogens is 1. The van der Waals surface area contributed by atoms with E-state index in [4.69, 9.17) is 0 Å². The van der Waals surface area contributed by atoms with Crippen molar-refractivity contribution in [3.8, 4) is 0 Å². The van der Waals surface area contributed by atoms with Crippen molar-refractivity contribution in [2.24, 2.45) is 0 Å². The summed E-state index contributed by atoms with van der Waals surface area (Å²) in [6.07, 6.45) is 16.4. The lowest BCUT2D eigenvalue weighted by atomic mass is 9.99. The van der Waals surface area contributed by atoms with Gasteiger partial charge in [0.2, 0.25) is 0 Å². The highest BCUT2D eigenvalue weighted by Gasteiger charge is 2.27. The van der Waals surface area contributed by atoms with E-state index in [2.05, 4.69) is 18.7 Å². The highest BCUT2D eigenvalue weighted by molar-refractivity contribution is 4.81. The fourth-order valence-corrected chi connectivity index (χ4v) is 3.55. The van der Waals surface area contributed by atoms with E-state index in [1.807, 2.05) is 0 Å². The first kappa shape index (κ1) is 18.9. The van der Waals surface area contributed by atoms with Crippen LogP contribution in [0.4, 0.5) is 4.39 Å². The molecule has 126 valence electrons. The second-order valence-corrected chi connectivity index (χ2v) is 6.94. The Hall–Kier alpha value is -0.110. The van der Waals surface area contributed by atoms with E-state index < -0.39 is 6.17 Å². The lowest BCUT2D eigenvalue weighted by molar-refractivity contribution is 0.193. The van der Waals surface area contributed by atoms with Gasteiger partial charge < -0.3 is 0 Å². The second kappa shape index (κ2) is 12.4. The molecule has 0 radical (unpaired) electrons. The molecule has 0 aromatic carbocycles. The van der Waals surface area contributed by atoms with Gasteiger partial charge in [0.1, 0.15) is 6.17 Å². The predicted molar refractivity (Wildman–Crippen MR) is 91.6 cm³/mol. The molecule has 0 aromatic rings. The molecular formula is C19H38FN. The zero-order chi connectivity index (χ0) is 15.3. The molecule has 0 bridgehead atoms. The third-order valence-corrected chi connectivity index (χ3v) is 4.96. The Morgan fingerprint density at radius 1 is 0.857 bits per heavy atom. The van der Waals surface area contributed by atoms with Crippen molar-refractivity contribution in [1.82, 2.24) is 4.90 Å². The number of hydrogen-bond acceptors (Lipinski definition) is 1. The zero-order valence-electron chi connectivity index (χ0n) is 14.6. The van der Waals surface area contributed by atoms with Gasteiger partial charge in [0.25, 0.3) is 0 Å². The minimum Gasteiger partial charge on any atom is -0.297 e. The SMILES string of the molecule is CCCCCCCC(CCCCCCC)N1CCC(F)C1. The smallest absolute Gasteiger partial charge is 0.114 e. The predicted octanol–water partition coefficient (Wildman–Crippen LogP) is 6.12. The minimum atomic E-state index is -0.562. The average Bonchev–Trinajstić information content (AvgIpc) is 2.91. The van der Waals surface area contributed by atoms with E-state index in [1.165, 1.54) is 77.0 Å². The molecule has 0 N–H and O–H groups in total. The summed E-state index contributed by atoms with van der Waals surface area (Å²) in [6.45, 7) is 6.24. The van der Waals surface area contributed by atoms with Crippen LogP contribution < -0.4 is 0 Å². The van der Waals surface area contributed by atoms with Gasteiger partial charge in [-0.05, 0) is 19.3 Å². The molecule has 1 heterocycles. The Labute approximate surface area is 132 Å². The van der Waals surface area contributed by atoms with E-state index in [0.717, 1.165) is 13.0 Å². The van der Waals surface area contributed by atoms with Crippen LogP contribution in [0.2, 0.25) is 0 Å². The summed E-state index contributed by atoms with van der Waals surface area (Å²) in [6, 6.07) is 0.661. The highest BCUT2D eigenvalue weighted by Crippen LogP contribution is 2.23. The van der Waals surface area contributed by atoms with E-state index in [1.54, 1.807) is 0 Å². The van der Waals surface area contributed by atoms with Crippen LogP contribution in [0.3, 0.4) is 0 Å². The van der Waals surface area contributed by atoms with Gasteiger partial charge in [0, 0.05) is 19.1 Å². The Balaban J connectivity index is 2.21. The molecule has 1 fully saturated rings. The monoisotopic (exact) mass is 299 g/mol. The minimum absolute atomic E-state index is 0.562. The van der Waals surface area contributed by atoms with Gasteiger partial charge in [-0.15, -0.1) is 0 Å². The number of hydrogen-bond donors (Lipinski definition) is 0. The van der Waals surface area contributed by atoms with Crippen molar-refractivity contribution in [1.29, 1.82) is 0 Å². The molecule has 2 heteroatoms. The first-order valence-corrected chi connectivity index (χ1v) is 9.66. The van der Waals surface area contributed by atoms with Crippen LogP contribution in [0.1, 0.15) is 97.3 Å². The van der Waals surface area contributed by atoms with Crippen LogP contribution in [-0.2, 0) is 0 Å². The van der Waals surface area contributed by atoms with Gasteiger partial charge in [0.05, 0.1) is 0 Å². The summed E-state index contributed by atoms with van der Waals surface area (Å²) in [4.78, 5) is 2.45. The van der Waals surface area contributed by atoms with Gasteiger partial charge in [-0.1, -0.05) is 78.1 Å². The number of nitrogens with zero attached hydrogens (tertiary/aromatic N) is 1. The standard InChI is InChI=1S/C19H38FN/c1-3-5-7-9-11-13-19(14-12-10-8-6-4-2)21-16-15-18(20)17-21/h18-19H,3-17H2,1-2H3. The maximum Gasteiger partial charge on any atom is 0.114 e. The van der Waals surface area contributed by atoms with E-state index in [9.17, 15) is 4.39 Å². The van der Waals surface area contributed by atoms with Crippen LogP contribution in [-0.4, -0.2) is 30.2 Å². The van der Waals surface area contributed by atoms with Gasteiger partial charge in [-0.3, -0.25) is 4.90 Å². The molecule has 1 rings (SSSR count). The maximum atomic E-state index is 13.5. The molecule has 1 unspecified atom stereocenters. The lowest BCUT2D eigenvalue weighted by Crippen LogP contribution is -2.33. The fraction of sp³-hybridized carbons (Fsp3) is 1.00. The molecule has 21 heavy (non-hydrogen) atoms. The van der Waals surface area contributed by atoms with Crippen molar-refractivity contribution in [3.05, 3.63) is 0 Å².